The van der Waals surface area contributed by atoms with Crippen molar-refractivity contribution >= 4 is 62.2 Å². The van der Waals surface area contributed by atoms with Gasteiger partial charge in [0.15, 0.2) is 0 Å². The molecule has 0 N–H and O–H groups in total. The van der Waals surface area contributed by atoms with Crippen LogP contribution < -0.4 is 0 Å². The topological polar surface area (TPSA) is 30.2 Å². The van der Waals surface area contributed by atoms with E-state index >= 15 is 0 Å². The van der Waals surface area contributed by atoms with Gasteiger partial charge < -0.3 is 0 Å². The molecule has 26 heavy (non-hydrogen) atoms. The van der Waals surface area contributed by atoms with E-state index in [1.165, 1.54) is 0 Å². The second kappa shape index (κ2) is 5.41. The van der Waals surface area contributed by atoms with Crippen molar-refractivity contribution in [1.82, 2.24) is 14.4 Å². The number of imidazole rings is 1. The van der Waals surface area contributed by atoms with E-state index in [-0.39, 0.29) is 0 Å². The van der Waals surface area contributed by atoms with E-state index in [1.54, 1.807) is 12.3 Å². The molecule has 3 heterocycles. The second-order valence-electron chi connectivity index (χ2n) is 6.15. The van der Waals surface area contributed by atoms with E-state index in [4.69, 9.17) is 16.6 Å². The zero-order valence-electron chi connectivity index (χ0n) is 13.9. The molecule has 2 aromatic carbocycles. The Balaban J connectivity index is 2.24. The first-order valence-electron chi connectivity index (χ1n) is 8.29. The highest BCUT2D eigenvalue weighted by Crippen LogP contribution is 2.38. The van der Waals surface area contributed by atoms with E-state index in [0.717, 1.165) is 49.6 Å². The molecule has 0 amide bonds. The minimum atomic E-state index is 0.634. The quantitative estimate of drug-likeness (QED) is 0.356. The molecule has 0 radical (unpaired) electrons. The van der Waals surface area contributed by atoms with Gasteiger partial charge in [0, 0.05) is 27.6 Å². The average Bonchev–Trinajstić information content (AvgIpc) is 3.06. The van der Waals surface area contributed by atoms with Crippen molar-refractivity contribution in [3.05, 3.63) is 78.0 Å². The fourth-order valence-corrected chi connectivity index (χ4v) is 4.04. The second-order valence-corrected chi connectivity index (χ2v) is 6.55. The summed E-state index contributed by atoms with van der Waals surface area (Å²) in [4.78, 5) is 9.57. The molecular formula is C22H14ClN3. The Morgan fingerprint density at radius 2 is 1.73 bits per heavy atom. The normalized spacial score (nSPS) is 11.6. The predicted molar refractivity (Wildman–Crippen MR) is 111 cm³/mol. The van der Waals surface area contributed by atoms with Gasteiger partial charge in [-0.2, -0.15) is 0 Å². The van der Waals surface area contributed by atoms with Crippen LogP contribution >= 0.6 is 11.6 Å². The van der Waals surface area contributed by atoms with E-state index in [9.17, 15) is 0 Å². The molecule has 0 saturated carbocycles. The van der Waals surface area contributed by atoms with Crippen LogP contribution in [0, 0.1) is 0 Å². The third-order valence-corrected chi connectivity index (χ3v) is 5.15. The summed E-state index contributed by atoms with van der Waals surface area (Å²) >= 11 is 6.54. The van der Waals surface area contributed by atoms with Crippen molar-refractivity contribution in [3.63, 3.8) is 0 Å². The highest BCUT2D eigenvalue weighted by atomic mass is 35.5. The molecule has 0 saturated heterocycles. The molecule has 4 heteroatoms. The number of aromatic nitrogens is 3. The van der Waals surface area contributed by atoms with Crippen LogP contribution in [-0.2, 0) is 0 Å². The van der Waals surface area contributed by atoms with Crippen LogP contribution in [0.15, 0.2) is 61.8 Å². The third-order valence-electron chi connectivity index (χ3n) is 4.83. The first-order valence-corrected chi connectivity index (χ1v) is 8.67. The molecule has 0 aliphatic rings. The van der Waals surface area contributed by atoms with Crippen LogP contribution in [0.2, 0.25) is 5.02 Å². The van der Waals surface area contributed by atoms with Gasteiger partial charge in [0.05, 0.1) is 22.1 Å². The van der Waals surface area contributed by atoms with Crippen LogP contribution in [0.1, 0.15) is 11.1 Å². The number of rotatable bonds is 2. The number of benzene rings is 2. The Hall–Kier alpha value is -3.17. The van der Waals surface area contributed by atoms with Gasteiger partial charge in [-0.3, -0.25) is 9.38 Å². The van der Waals surface area contributed by atoms with Gasteiger partial charge in [0.2, 0.25) is 0 Å². The minimum absolute atomic E-state index is 0.634. The summed E-state index contributed by atoms with van der Waals surface area (Å²) in [6, 6.07) is 14.1. The fourth-order valence-electron chi connectivity index (χ4n) is 3.75. The average molecular weight is 356 g/mol. The molecule has 5 rings (SSSR count). The summed E-state index contributed by atoms with van der Waals surface area (Å²) in [6.07, 6.45) is 5.38. The van der Waals surface area contributed by atoms with Crippen LogP contribution in [0.4, 0.5) is 0 Å². The molecule has 0 spiro atoms. The largest absolute Gasteiger partial charge is 0.290 e. The molecule has 0 atom stereocenters. The number of para-hydroxylation sites is 2. The Morgan fingerprint density at radius 1 is 0.962 bits per heavy atom. The lowest BCUT2D eigenvalue weighted by atomic mass is 9.98. The van der Waals surface area contributed by atoms with Gasteiger partial charge in [-0.25, -0.2) is 4.98 Å². The predicted octanol–water partition coefficient (Wildman–Crippen LogP) is 6.13. The molecule has 0 aliphatic carbocycles. The van der Waals surface area contributed by atoms with E-state index in [0.29, 0.717) is 5.02 Å². The molecule has 3 nitrogen and oxygen atoms in total. The highest BCUT2D eigenvalue weighted by Gasteiger charge is 2.18. The number of halogens is 1. The number of fused-ring (bicyclic) bond motifs is 8. The minimum Gasteiger partial charge on any atom is -0.290 e. The van der Waals surface area contributed by atoms with Crippen LogP contribution in [0.3, 0.4) is 0 Å². The molecule has 0 aliphatic heterocycles. The van der Waals surface area contributed by atoms with Gasteiger partial charge in [0.25, 0.3) is 0 Å². The summed E-state index contributed by atoms with van der Waals surface area (Å²) in [5.41, 5.74) is 6.54. The standard InChI is InChI=1S/C22H14ClN3/c1-3-13-14(4-2)20-15(12-16(13)23)21-19(10-7-11-24-21)26-18-9-6-5-8-17(18)25-22(20)26/h3-12H,1-2H2. The van der Waals surface area contributed by atoms with Crippen LogP contribution in [0.25, 0.3) is 50.6 Å². The first-order chi connectivity index (χ1) is 12.7. The van der Waals surface area contributed by atoms with Crippen molar-refractivity contribution in [3.8, 4) is 0 Å². The number of nitrogens with zero attached hydrogens (tertiary/aromatic N) is 3. The third kappa shape index (κ3) is 1.83. The van der Waals surface area contributed by atoms with Gasteiger partial charge >= 0.3 is 0 Å². The van der Waals surface area contributed by atoms with Gasteiger partial charge in [-0.15, -0.1) is 0 Å². The molecule has 0 fully saturated rings. The van der Waals surface area contributed by atoms with Crippen molar-refractivity contribution < 1.29 is 0 Å². The SMILES string of the molecule is C=Cc1c(Cl)cc2c3ncccc3n3c4ccccc4nc3c2c1C=C. The lowest BCUT2D eigenvalue weighted by Crippen LogP contribution is -1.96. The first kappa shape index (κ1) is 15.1. The lowest BCUT2D eigenvalue weighted by Gasteiger charge is -2.13. The highest BCUT2D eigenvalue weighted by molar-refractivity contribution is 6.34. The smallest absolute Gasteiger partial charge is 0.147 e. The molecule has 124 valence electrons. The van der Waals surface area contributed by atoms with Gasteiger partial charge in [-0.05, 0) is 35.9 Å². The summed E-state index contributed by atoms with van der Waals surface area (Å²) < 4.78 is 2.16. The Labute approximate surface area is 154 Å². The van der Waals surface area contributed by atoms with E-state index in [2.05, 4.69) is 34.7 Å². The lowest BCUT2D eigenvalue weighted by molar-refractivity contribution is 1.29. The summed E-state index contributed by atoms with van der Waals surface area (Å²) in [5.74, 6) is 0. The summed E-state index contributed by atoms with van der Waals surface area (Å²) in [5, 5.41) is 2.59. The molecular weight excluding hydrogens is 342 g/mol. The van der Waals surface area contributed by atoms with Crippen molar-refractivity contribution in [2.75, 3.05) is 0 Å². The van der Waals surface area contributed by atoms with Crippen LogP contribution in [0.5, 0.6) is 0 Å². The maximum Gasteiger partial charge on any atom is 0.147 e. The molecule has 0 bridgehead atoms. The van der Waals surface area contributed by atoms with Crippen molar-refractivity contribution in [1.29, 1.82) is 0 Å². The Kier molecular flexibility index (Phi) is 3.15. The maximum absolute atomic E-state index is 6.54. The summed E-state index contributed by atoms with van der Waals surface area (Å²) in [7, 11) is 0. The number of hydrogen-bond donors (Lipinski definition) is 0. The molecule has 0 unspecified atom stereocenters. The zero-order chi connectivity index (χ0) is 17.8. The molecule has 5 aromatic rings. The Morgan fingerprint density at radius 3 is 2.54 bits per heavy atom. The number of pyridine rings is 2. The van der Waals surface area contributed by atoms with E-state index < -0.39 is 0 Å². The monoisotopic (exact) mass is 355 g/mol. The fraction of sp³-hybridized carbons (Fsp3) is 0. The summed E-state index contributed by atoms with van der Waals surface area (Å²) in [6.45, 7) is 7.92. The van der Waals surface area contributed by atoms with Crippen LogP contribution in [-0.4, -0.2) is 14.4 Å². The molecule has 3 aromatic heterocycles. The zero-order valence-corrected chi connectivity index (χ0v) is 14.7. The van der Waals surface area contributed by atoms with Crippen molar-refractivity contribution in [2.45, 2.75) is 0 Å². The van der Waals surface area contributed by atoms with Gasteiger partial charge in [-0.1, -0.05) is 49.0 Å². The maximum atomic E-state index is 6.54. The van der Waals surface area contributed by atoms with Gasteiger partial charge in [0.1, 0.15) is 5.65 Å². The number of hydrogen-bond acceptors (Lipinski definition) is 2. The van der Waals surface area contributed by atoms with E-state index in [1.807, 2.05) is 36.4 Å². The van der Waals surface area contributed by atoms with Crippen molar-refractivity contribution in [2.24, 2.45) is 0 Å². The Bertz CT molecular complexity index is 1380.